The third-order valence-corrected chi connectivity index (χ3v) is 4.43. The Bertz CT molecular complexity index is 343. The zero-order chi connectivity index (χ0) is 15.8. The first-order chi connectivity index (χ1) is 9.94. The maximum atomic E-state index is 10.1. The highest BCUT2D eigenvalue weighted by atomic mass is 32.1. The molecule has 21 heavy (non-hydrogen) atoms. The van der Waals surface area contributed by atoms with Gasteiger partial charge in [0.1, 0.15) is 0 Å². The van der Waals surface area contributed by atoms with Crippen molar-refractivity contribution in [3.63, 3.8) is 0 Å². The van der Waals surface area contributed by atoms with Gasteiger partial charge in [-0.15, -0.1) is 0 Å². The number of hydrogen-bond acceptors (Lipinski definition) is 4. The monoisotopic (exact) mass is 314 g/mol. The molecule has 0 unspecified atom stereocenters. The molecule has 0 saturated carbocycles. The van der Waals surface area contributed by atoms with E-state index >= 15 is 0 Å². The van der Waals surface area contributed by atoms with Gasteiger partial charge in [-0.05, 0) is 38.0 Å². The van der Waals surface area contributed by atoms with E-state index in [2.05, 4.69) is 32.7 Å². The average Bonchev–Trinajstić information content (AvgIpc) is 2.37. The molecule has 0 aliphatic carbocycles. The van der Waals surface area contributed by atoms with Gasteiger partial charge in [0.2, 0.25) is 0 Å². The number of aliphatic hydroxyl groups excluding tert-OH is 2. The molecule has 1 aliphatic rings. The molecule has 1 heterocycles. The first kappa shape index (κ1) is 18.8. The fraction of sp³-hybridized carbons (Fsp3) is 0.765. The summed E-state index contributed by atoms with van der Waals surface area (Å²) >= 11 is 4.17. The number of hydrogen-bond donors (Lipinski definition) is 3. The zero-order valence-corrected chi connectivity index (χ0v) is 14.0. The highest BCUT2D eigenvalue weighted by Gasteiger charge is 2.27. The first-order valence-corrected chi connectivity index (χ1v) is 8.46. The minimum absolute atomic E-state index is 0.0419. The Morgan fingerprint density at radius 3 is 2.57 bits per heavy atom. The summed E-state index contributed by atoms with van der Waals surface area (Å²) in [4.78, 5) is 0. The first-order valence-electron chi connectivity index (χ1n) is 7.83. The minimum Gasteiger partial charge on any atom is -0.396 e. The predicted octanol–water partition coefficient (Wildman–Crippen LogP) is 3.13. The number of ether oxygens (including phenoxy) is 1. The van der Waals surface area contributed by atoms with Crippen molar-refractivity contribution in [2.75, 3.05) is 12.4 Å². The SMILES string of the molecule is C=C(CS)C[C@H](O)C[C@H]1CC(=C)C[C@@H](C[C@@H](C)CCO)O1. The van der Waals surface area contributed by atoms with Crippen LogP contribution in [0.1, 0.15) is 45.4 Å². The summed E-state index contributed by atoms with van der Waals surface area (Å²) in [6.45, 7) is 10.4. The second-order valence-electron chi connectivity index (χ2n) is 6.39. The van der Waals surface area contributed by atoms with E-state index in [1.54, 1.807) is 0 Å². The van der Waals surface area contributed by atoms with E-state index in [0.29, 0.717) is 24.5 Å². The van der Waals surface area contributed by atoms with E-state index < -0.39 is 6.10 Å². The van der Waals surface area contributed by atoms with Gasteiger partial charge in [-0.2, -0.15) is 12.6 Å². The normalized spacial score (nSPS) is 25.6. The molecule has 1 fully saturated rings. The summed E-state index contributed by atoms with van der Waals surface area (Å²) in [6.07, 6.45) is 4.46. The maximum Gasteiger partial charge on any atom is 0.0640 e. The van der Waals surface area contributed by atoms with E-state index in [-0.39, 0.29) is 18.8 Å². The fourth-order valence-corrected chi connectivity index (χ4v) is 3.07. The zero-order valence-electron chi connectivity index (χ0n) is 13.1. The molecule has 0 amide bonds. The molecule has 0 aromatic rings. The Morgan fingerprint density at radius 1 is 1.38 bits per heavy atom. The molecule has 4 heteroatoms. The van der Waals surface area contributed by atoms with Crippen LogP contribution in [0.25, 0.3) is 0 Å². The average molecular weight is 314 g/mol. The molecule has 122 valence electrons. The topological polar surface area (TPSA) is 49.7 Å². The Labute approximate surface area is 134 Å². The molecule has 0 aromatic carbocycles. The molecule has 1 aliphatic heterocycles. The fourth-order valence-electron chi connectivity index (χ4n) is 2.95. The highest BCUT2D eigenvalue weighted by molar-refractivity contribution is 7.80. The Hall–Kier alpha value is -0.290. The van der Waals surface area contributed by atoms with Crippen molar-refractivity contribution in [2.45, 2.75) is 63.8 Å². The minimum atomic E-state index is -0.420. The van der Waals surface area contributed by atoms with Gasteiger partial charge in [0.05, 0.1) is 18.3 Å². The standard InChI is InChI=1S/C17H30O3S/c1-12(4-5-18)7-16-8-13(2)9-17(20-16)10-15(19)6-14(3)11-21/h12,15-19,21H,2-11H2,1H3/t12-,15-,16+,17+/m0/s1. The third kappa shape index (κ3) is 7.50. The van der Waals surface area contributed by atoms with Crippen LogP contribution in [0.3, 0.4) is 0 Å². The van der Waals surface area contributed by atoms with Crippen LogP contribution in [0.4, 0.5) is 0 Å². The van der Waals surface area contributed by atoms with E-state index in [1.807, 2.05) is 0 Å². The van der Waals surface area contributed by atoms with Gasteiger partial charge in [-0.3, -0.25) is 0 Å². The van der Waals surface area contributed by atoms with Crippen molar-refractivity contribution < 1.29 is 14.9 Å². The molecule has 0 aromatic heterocycles. The van der Waals surface area contributed by atoms with Gasteiger partial charge in [0, 0.05) is 18.8 Å². The Morgan fingerprint density at radius 2 is 2.00 bits per heavy atom. The number of rotatable bonds is 9. The van der Waals surface area contributed by atoms with Crippen LogP contribution in [0, 0.1) is 5.92 Å². The quantitative estimate of drug-likeness (QED) is 0.453. The lowest BCUT2D eigenvalue weighted by atomic mass is 9.90. The molecule has 3 nitrogen and oxygen atoms in total. The van der Waals surface area contributed by atoms with Crippen molar-refractivity contribution in [1.29, 1.82) is 0 Å². The van der Waals surface area contributed by atoms with Crippen LogP contribution in [-0.2, 0) is 4.74 Å². The summed E-state index contributed by atoms with van der Waals surface area (Å²) < 4.78 is 6.11. The lowest BCUT2D eigenvalue weighted by Gasteiger charge is -2.34. The smallest absolute Gasteiger partial charge is 0.0640 e. The summed E-state index contributed by atoms with van der Waals surface area (Å²) in [6, 6.07) is 0. The Kier molecular flexibility index (Phi) is 8.64. The summed E-state index contributed by atoms with van der Waals surface area (Å²) in [7, 11) is 0. The third-order valence-electron chi connectivity index (χ3n) is 3.99. The van der Waals surface area contributed by atoms with E-state index in [9.17, 15) is 5.11 Å². The molecular weight excluding hydrogens is 284 g/mol. The van der Waals surface area contributed by atoms with Crippen molar-refractivity contribution >= 4 is 12.6 Å². The predicted molar refractivity (Wildman–Crippen MR) is 90.8 cm³/mol. The summed E-state index contributed by atoms with van der Waals surface area (Å²) in [5, 5.41) is 19.1. The Balaban J connectivity index is 2.44. The van der Waals surface area contributed by atoms with Gasteiger partial charge >= 0.3 is 0 Å². The molecule has 4 atom stereocenters. The molecule has 1 rings (SSSR count). The van der Waals surface area contributed by atoms with Crippen molar-refractivity contribution in [1.82, 2.24) is 0 Å². The van der Waals surface area contributed by atoms with Gasteiger partial charge < -0.3 is 14.9 Å². The number of aliphatic hydroxyl groups is 2. The van der Waals surface area contributed by atoms with Crippen LogP contribution < -0.4 is 0 Å². The van der Waals surface area contributed by atoms with E-state index in [1.165, 1.54) is 5.57 Å². The molecule has 0 spiro atoms. The lowest BCUT2D eigenvalue weighted by Crippen LogP contribution is -2.32. The molecule has 0 radical (unpaired) electrons. The van der Waals surface area contributed by atoms with Gasteiger partial charge in [0.15, 0.2) is 0 Å². The van der Waals surface area contributed by atoms with Crippen molar-refractivity contribution in [3.8, 4) is 0 Å². The molecule has 0 bridgehead atoms. The van der Waals surface area contributed by atoms with Crippen molar-refractivity contribution in [2.24, 2.45) is 5.92 Å². The molecular formula is C17H30O3S. The second-order valence-corrected chi connectivity index (χ2v) is 6.71. The summed E-state index contributed by atoms with van der Waals surface area (Å²) in [5.74, 6) is 1.05. The highest BCUT2D eigenvalue weighted by Crippen LogP contribution is 2.30. The maximum absolute atomic E-state index is 10.1. The van der Waals surface area contributed by atoms with Crippen LogP contribution in [0.15, 0.2) is 24.3 Å². The lowest BCUT2D eigenvalue weighted by molar-refractivity contribution is -0.0606. The molecule has 1 saturated heterocycles. The van der Waals surface area contributed by atoms with E-state index in [4.69, 9.17) is 9.84 Å². The van der Waals surface area contributed by atoms with Crippen molar-refractivity contribution in [3.05, 3.63) is 24.3 Å². The van der Waals surface area contributed by atoms with Crippen LogP contribution in [-0.4, -0.2) is 40.9 Å². The van der Waals surface area contributed by atoms with E-state index in [0.717, 1.165) is 31.3 Å². The van der Waals surface area contributed by atoms with Crippen LogP contribution in [0.5, 0.6) is 0 Å². The van der Waals surface area contributed by atoms with Crippen LogP contribution >= 0.6 is 12.6 Å². The summed E-state index contributed by atoms with van der Waals surface area (Å²) in [5.41, 5.74) is 2.15. The molecule has 2 N–H and O–H groups in total. The second kappa shape index (κ2) is 9.67. The van der Waals surface area contributed by atoms with Gasteiger partial charge in [0.25, 0.3) is 0 Å². The van der Waals surface area contributed by atoms with Gasteiger partial charge in [-0.25, -0.2) is 0 Å². The number of thiol groups is 1. The van der Waals surface area contributed by atoms with Crippen LogP contribution in [0.2, 0.25) is 0 Å². The van der Waals surface area contributed by atoms with Gasteiger partial charge in [-0.1, -0.05) is 31.2 Å². The largest absolute Gasteiger partial charge is 0.396 e.